The lowest BCUT2D eigenvalue weighted by Crippen LogP contribution is -2.63. The van der Waals surface area contributed by atoms with Crippen molar-refractivity contribution in [3.05, 3.63) is 83.4 Å². The predicted octanol–water partition coefficient (Wildman–Crippen LogP) is 4.57. The van der Waals surface area contributed by atoms with Crippen molar-refractivity contribution in [2.24, 2.45) is 5.41 Å². The molecule has 200 valence electrons. The zero-order chi connectivity index (χ0) is 27.1. The lowest BCUT2D eigenvalue weighted by Gasteiger charge is -2.56. The molecule has 8 nitrogen and oxygen atoms in total. The fourth-order valence-corrected chi connectivity index (χ4v) is 5.26. The fraction of sp³-hybridized carbons (Fsp3) is 0.370. The molecule has 2 aromatic heterocycles. The molecule has 3 heterocycles. The molecular weight excluding hydrogens is 499 g/mol. The molecule has 1 saturated heterocycles. The van der Waals surface area contributed by atoms with Gasteiger partial charge in [0.15, 0.2) is 5.82 Å². The molecule has 1 fully saturated rings. The number of likely N-dealkylation sites (tertiary alicyclic amines) is 1. The number of benzene rings is 2. The van der Waals surface area contributed by atoms with Crippen LogP contribution < -0.4 is 4.74 Å². The second-order valence-corrected chi connectivity index (χ2v) is 10.1. The zero-order valence-corrected chi connectivity index (χ0v) is 21.2. The smallest absolute Gasteiger partial charge is 0.406 e. The van der Waals surface area contributed by atoms with Crippen molar-refractivity contribution >= 4 is 0 Å². The summed E-state index contributed by atoms with van der Waals surface area (Å²) in [6, 6.07) is 14.5. The molecule has 0 amide bonds. The Morgan fingerprint density at radius 1 is 1.03 bits per heavy atom. The average molecular weight is 528 g/mol. The Labute approximate surface area is 217 Å². The molecule has 11 heteroatoms. The fourth-order valence-electron chi connectivity index (χ4n) is 5.26. The summed E-state index contributed by atoms with van der Waals surface area (Å²) in [7, 11) is 1.95. The quantitative estimate of drug-likeness (QED) is 0.359. The van der Waals surface area contributed by atoms with Gasteiger partial charge in [-0.05, 0) is 55.4 Å². The third-order valence-corrected chi connectivity index (χ3v) is 6.97. The zero-order valence-electron chi connectivity index (χ0n) is 21.2. The summed E-state index contributed by atoms with van der Waals surface area (Å²) in [5.74, 6) is 0.569. The van der Waals surface area contributed by atoms with Gasteiger partial charge in [0, 0.05) is 43.2 Å². The van der Waals surface area contributed by atoms with E-state index >= 15 is 0 Å². The van der Waals surface area contributed by atoms with Crippen LogP contribution in [0.25, 0.3) is 11.5 Å². The van der Waals surface area contributed by atoms with Gasteiger partial charge in [-0.15, -0.1) is 13.2 Å². The van der Waals surface area contributed by atoms with Crippen LogP contribution in [-0.2, 0) is 18.6 Å². The van der Waals surface area contributed by atoms with Gasteiger partial charge < -0.3 is 19.3 Å². The highest BCUT2D eigenvalue weighted by atomic mass is 19.4. The lowest BCUT2D eigenvalue weighted by atomic mass is 9.62. The van der Waals surface area contributed by atoms with E-state index in [9.17, 15) is 18.3 Å². The molecule has 38 heavy (non-hydrogen) atoms. The number of ether oxygens (including phenoxy) is 1. The van der Waals surface area contributed by atoms with Gasteiger partial charge in [-0.3, -0.25) is 4.68 Å². The van der Waals surface area contributed by atoms with Crippen molar-refractivity contribution in [2.45, 2.75) is 38.8 Å². The minimum absolute atomic E-state index is 0.343. The first kappa shape index (κ1) is 25.9. The molecule has 1 N–H and O–H groups in total. The summed E-state index contributed by atoms with van der Waals surface area (Å²) < 4.78 is 49.2. The van der Waals surface area contributed by atoms with E-state index in [0.29, 0.717) is 54.5 Å². The standard InChI is InChI=1S/C27H28F3N5O3/c1-18-12-14-35(32-18)15-13-23-31-24(38-33-23)19-4-6-20(7-5-19)26(36,25(2)16-34(3)17-25)21-8-10-22(11-9-21)37-27(28,29)30/h4-12,14,36H,13,15-17H2,1-3H3. The number of rotatable bonds is 8. The average Bonchev–Trinajstić information content (AvgIpc) is 3.50. The summed E-state index contributed by atoms with van der Waals surface area (Å²) in [6.45, 7) is 5.73. The van der Waals surface area contributed by atoms with E-state index in [2.05, 4.69) is 24.9 Å². The number of nitrogens with zero attached hydrogens (tertiary/aromatic N) is 5. The Morgan fingerprint density at radius 3 is 2.21 bits per heavy atom. The highest BCUT2D eigenvalue weighted by Gasteiger charge is 2.55. The molecule has 1 aliphatic rings. The maximum Gasteiger partial charge on any atom is 0.573 e. The molecular formula is C27H28F3N5O3. The van der Waals surface area contributed by atoms with E-state index in [1.165, 1.54) is 24.3 Å². The van der Waals surface area contributed by atoms with Gasteiger partial charge in [0.05, 0.1) is 5.69 Å². The molecule has 1 unspecified atom stereocenters. The van der Waals surface area contributed by atoms with Crippen LogP contribution in [0.5, 0.6) is 5.75 Å². The van der Waals surface area contributed by atoms with Crippen LogP contribution in [-0.4, -0.2) is 56.4 Å². The third-order valence-electron chi connectivity index (χ3n) is 6.97. The molecule has 0 spiro atoms. The minimum atomic E-state index is -4.79. The summed E-state index contributed by atoms with van der Waals surface area (Å²) in [4.78, 5) is 6.56. The predicted molar refractivity (Wildman–Crippen MR) is 132 cm³/mol. The molecule has 0 aliphatic carbocycles. The van der Waals surface area contributed by atoms with Gasteiger partial charge in [0.1, 0.15) is 11.4 Å². The lowest BCUT2D eigenvalue weighted by molar-refractivity contribution is -0.274. The normalized spacial score (nSPS) is 17.1. The Hall–Kier alpha value is -3.70. The number of alkyl halides is 3. The summed E-state index contributed by atoms with van der Waals surface area (Å²) in [5, 5.41) is 20.6. The van der Waals surface area contributed by atoms with Crippen LogP contribution in [0.3, 0.4) is 0 Å². The summed E-state index contributed by atoms with van der Waals surface area (Å²) in [5.41, 5.74) is 0.676. The molecule has 2 aromatic carbocycles. The van der Waals surface area contributed by atoms with Crippen LogP contribution in [0.4, 0.5) is 13.2 Å². The van der Waals surface area contributed by atoms with Gasteiger partial charge in [-0.25, -0.2) is 0 Å². The maximum atomic E-state index is 12.6. The number of aromatic nitrogens is 4. The van der Waals surface area contributed by atoms with E-state index in [0.717, 1.165) is 5.69 Å². The van der Waals surface area contributed by atoms with Gasteiger partial charge in [0.25, 0.3) is 5.89 Å². The Balaban J connectivity index is 1.39. The molecule has 0 radical (unpaired) electrons. The number of aliphatic hydroxyl groups is 1. The van der Waals surface area contributed by atoms with Crippen molar-refractivity contribution < 1.29 is 27.5 Å². The van der Waals surface area contributed by atoms with Crippen LogP contribution in [0.15, 0.2) is 65.3 Å². The van der Waals surface area contributed by atoms with Crippen LogP contribution in [0, 0.1) is 12.3 Å². The van der Waals surface area contributed by atoms with Gasteiger partial charge in [-0.2, -0.15) is 10.1 Å². The summed E-state index contributed by atoms with van der Waals surface area (Å²) >= 11 is 0. The second kappa shape index (κ2) is 9.55. The van der Waals surface area contributed by atoms with Crippen molar-refractivity contribution in [1.82, 2.24) is 24.8 Å². The molecule has 1 atom stereocenters. The van der Waals surface area contributed by atoms with Crippen molar-refractivity contribution in [3.8, 4) is 17.2 Å². The van der Waals surface area contributed by atoms with Gasteiger partial charge >= 0.3 is 6.36 Å². The van der Waals surface area contributed by atoms with Gasteiger partial charge in [-0.1, -0.05) is 36.3 Å². The Kier molecular flexibility index (Phi) is 6.52. The molecule has 4 aromatic rings. The molecule has 0 saturated carbocycles. The SMILES string of the molecule is Cc1ccn(CCc2noc(-c3ccc(C(O)(c4ccc(OC(F)(F)F)cc4)C4(C)CN(C)C4)cc3)n2)n1. The van der Waals surface area contributed by atoms with E-state index < -0.39 is 17.4 Å². The van der Waals surface area contributed by atoms with E-state index in [1.54, 1.807) is 24.3 Å². The van der Waals surface area contributed by atoms with Crippen molar-refractivity contribution in [3.63, 3.8) is 0 Å². The second-order valence-electron chi connectivity index (χ2n) is 10.1. The first-order valence-corrected chi connectivity index (χ1v) is 12.2. The molecule has 0 bridgehead atoms. The highest BCUT2D eigenvalue weighted by molar-refractivity contribution is 5.55. The number of halogens is 3. The van der Waals surface area contributed by atoms with Crippen LogP contribution >= 0.6 is 0 Å². The minimum Gasteiger partial charge on any atom is -0.406 e. The van der Waals surface area contributed by atoms with Gasteiger partial charge in [0.2, 0.25) is 0 Å². The van der Waals surface area contributed by atoms with E-state index in [1.807, 2.05) is 37.8 Å². The Morgan fingerprint density at radius 2 is 1.66 bits per heavy atom. The van der Waals surface area contributed by atoms with E-state index in [4.69, 9.17) is 4.52 Å². The number of hydrogen-bond acceptors (Lipinski definition) is 7. The molecule has 1 aliphatic heterocycles. The largest absolute Gasteiger partial charge is 0.573 e. The highest BCUT2D eigenvalue weighted by Crippen LogP contribution is 2.50. The van der Waals surface area contributed by atoms with Crippen LogP contribution in [0.2, 0.25) is 0 Å². The first-order valence-electron chi connectivity index (χ1n) is 12.2. The Bertz CT molecular complexity index is 1390. The van der Waals surface area contributed by atoms with E-state index in [-0.39, 0.29) is 5.75 Å². The number of hydrogen-bond donors (Lipinski definition) is 1. The monoisotopic (exact) mass is 527 g/mol. The number of aryl methyl sites for hydroxylation is 3. The van der Waals surface area contributed by atoms with Crippen LogP contribution in [0.1, 0.15) is 29.6 Å². The first-order chi connectivity index (χ1) is 17.9. The van der Waals surface area contributed by atoms with Crippen molar-refractivity contribution in [1.29, 1.82) is 0 Å². The maximum absolute atomic E-state index is 12.6. The third kappa shape index (κ3) is 5.03. The van der Waals surface area contributed by atoms with Crippen molar-refractivity contribution in [2.75, 3.05) is 20.1 Å². The molecule has 5 rings (SSSR count). The summed E-state index contributed by atoms with van der Waals surface area (Å²) in [6.07, 6.45) is -2.33. The topological polar surface area (TPSA) is 89.4 Å².